The largest absolute Gasteiger partial charge is 0.490 e. The minimum atomic E-state index is -1.21. The highest BCUT2D eigenvalue weighted by atomic mass is 35.5. The van der Waals surface area contributed by atoms with Crippen molar-refractivity contribution in [1.29, 1.82) is 0 Å². The Kier molecular flexibility index (Phi) is 7.39. The maximum absolute atomic E-state index is 13.7. The standard InChI is InChI=1S/C14H20ClFO2S/c1-3-5-6-7-8-18-13-10-14(19(17)4-2)11(15)9-12(13)16/h9-10H,3-8H2,1-2H3. The number of rotatable bonds is 8. The van der Waals surface area contributed by atoms with Crippen molar-refractivity contribution < 1.29 is 13.3 Å². The summed E-state index contributed by atoms with van der Waals surface area (Å²) in [6.07, 6.45) is 4.26. The molecule has 2 nitrogen and oxygen atoms in total. The average Bonchev–Trinajstić information content (AvgIpc) is 2.39. The molecule has 0 aliphatic carbocycles. The highest BCUT2D eigenvalue weighted by Gasteiger charge is 2.13. The molecule has 5 heteroatoms. The second-order valence-corrected chi connectivity index (χ2v) is 6.37. The van der Waals surface area contributed by atoms with Gasteiger partial charge in [0.15, 0.2) is 11.6 Å². The van der Waals surface area contributed by atoms with Gasteiger partial charge in [-0.1, -0.05) is 44.7 Å². The fourth-order valence-corrected chi connectivity index (χ4v) is 2.90. The van der Waals surface area contributed by atoms with Gasteiger partial charge in [0.2, 0.25) is 0 Å². The summed E-state index contributed by atoms with van der Waals surface area (Å²) in [6.45, 7) is 4.39. The van der Waals surface area contributed by atoms with E-state index in [2.05, 4.69) is 6.92 Å². The Morgan fingerprint density at radius 1 is 1.26 bits per heavy atom. The van der Waals surface area contributed by atoms with Crippen molar-refractivity contribution in [2.45, 2.75) is 44.4 Å². The number of unbranched alkanes of at least 4 members (excludes halogenated alkanes) is 3. The lowest BCUT2D eigenvalue weighted by molar-refractivity contribution is 0.289. The Bertz CT molecular complexity index is 438. The van der Waals surface area contributed by atoms with Crippen LogP contribution in [0.15, 0.2) is 17.0 Å². The molecule has 0 amide bonds. The molecule has 1 aromatic rings. The van der Waals surface area contributed by atoms with Crippen LogP contribution in [0.2, 0.25) is 5.02 Å². The molecule has 108 valence electrons. The molecule has 0 heterocycles. The van der Waals surface area contributed by atoms with Crippen LogP contribution in [0.25, 0.3) is 0 Å². The monoisotopic (exact) mass is 306 g/mol. The van der Waals surface area contributed by atoms with Crippen molar-refractivity contribution in [2.75, 3.05) is 12.4 Å². The number of hydrogen-bond acceptors (Lipinski definition) is 2. The first-order chi connectivity index (χ1) is 9.10. The van der Waals surface area contributed by atoms with E-state index in [4.69, 9.17) is 16.3 Å². The fourth-order valence-electron chi connectivity index (χ4n) is 1.66. The van der Waals surface area contributed by atoms with Crippen molar-refractivity contribution >= 4 is 22.4 Å². The van der Waals surface area contributed by atoms with Gasteiger partial charge in [-0.15, -0.1) is 0 Å². The molecule has 0 radical (unpaired) electrons. The zero-order chi connectivity index (χ0) is 14.3. The van der Waals surface area contributed by atoms with Crippen LogP contribution in [0.4, 0.5) is 4.39 Å². The zero-order valence-electron chi connectivity index (χ0n) is 11.4. The van der Waals surface area contributed by atoms with Crippen LogP contribution in [0, 0.1) is 5.82 Å². The lowest BCUT2D eigenvalue weighted by Crippen LogP contribution is -2.02. The Morgan fingerprint density at radius 3 is 2.63 bits per heavy atom. The number of hydrogen-bond donors (Lipinski definition) is 0. The maximum Gasteiger partial charge on any atom is 0.166 e. The molecule has 0 spiro atoms. The second kappa shape index (κ2) is 8.54. The summed E-state index contributed by atoms with van der Waals surface area (Å²) in [5.74, 6) is 0.0800. The molecular weight excluding hydrogens is 287 g/mol. The number of ether oxygens (including phenoxy) is 1. The van der Waals surface area contributed by atoms with Gasteiger partial charge >= 0.3 is 0 Å². The molecule has 0 aliphatic heterocycles. The molecule has 0 N–H and O–H groups in total. The molecule has 0 saturated heterocycles. The summed E-state index contributed by atoms with van der Waals surface area (Å²) in [5, 5.41) is 0.191. The summed E-state index contributed by atoms with van der Waals surface area (Å²) in [4.78, 5) is 0.439. The minimum Gasteiger partial charge on any atom is -0.490 e. The van der Waals surface area contributed by atoms with Crippen molar-refractivity contribution in [2.24, 2.45) is 0 Å². The summed E-state index contributed by atoms with van der Waals surface area (Å²) < 4.78 is 30.8. The molecular formula is C14H20ClFO2S. The van der Waals surface area contributed by atoms with E-state index >= 15 is 0 Å². The van der Waals surface area contributed by atoms with E-state index in [-0.39, 0.29) is 10.8 Å². The molecule has 0 aliphatic rings. The van der Waals surface area contributed by atoms with Gasteiger partial charge in [-0.3, -0.25) is 4.21 Å². The van der Waals surface area contributed by atoms with E-state index in [9.17, 15) is 8.60 Å². The highest BCUT2D eigenvalue weighted by molar-refractivity contribution is 7.85. The van der Waals surface area contributed by atoms with E-state index in [0.29, 0.717) is 17.3 Å². The first kappa shape index (κ1) is 16.4. The van der Waals surface area contributed by atoms with Gasteiger partial charge in [0.25, 0.3) is 0 Å². The molecule has 0 saturated carbocycles. The van der Waals surface area contributed by atoms with Gasteiger partial charge in [-0.05, 0) is 12.5 Å². The molecule has 19 heavy (non-hydrogen) atoms. The zero-order valence-corrected chi connectivity index (χ0v) is 13.0. The molecule has 0 bridgehead atoms. The Morgan fingerprint density at radius 2 is 2.00 bits per heavy atom. The SMILES string of the molecule is CCCCCCOc1cc(S(=O)CC)c(Cl)cc1F. The first-order valence-electron chi connectivity index (χ1n) is 6.60. The van der Waals surface area contributed by atoms with Crippen molar-refractivity contribution in [3.8, 4) is 5.75 Å². The second-order valence-electron chi connectivity index (χ2n) is 4.26. The molecule has 0 fully saturated rings. The topological polar surface area (TPSA) is 26.3 Å². The average molecular weight is 307 g/mol. The van der Waals surface area contributed by atoms with Crippen LogP contribution >= 0.6 is 11.6 Å². The van der Waals surface area contributed by atoms with Gasteiger partial charge in [-0.25, -0.2) is 4.39 Å². The van der Waals surface area contributed by atoms with E-state index in [1.54, 1.807) is 6.92 Å². The quantitative estimate of drug-likeness (QED) is 0.658. The molecule has 1 rings (SSSR count). The van der Waals surface area contributed by atoms with Gasteiger partial charge < -0.3 is 4.74 Å². The van der Waals surface area contributed by atoms with Gasteiger partial charge in [0.05, 0.1) is 27.3 Å². The number of halogens is 2. The Labute approximate surface area is 121 Å². The van der Waals surface area contributed by atoms with Crippen LogP contribution in [0.3, 0.4) is 0 Å². The first-order valence-corrected chi connectivity index (χ1v) is 8.30. The van der Waals surface area contributed by atoms with Crippen molar-refractivity contribution in [1.82, 2.24) is 0 Å². The Hall–Kier alpha value is -0.610. The van der Waals surface area contributed by atoms with Crippen molar-refractivity contribution in [3.05, 3.63) is 23.0 Å². The van der Waals surface area contributed by atoms with Gasteiger partial charge in [0, 0.05) is 11.8 Å². The number of benzene rings is 1. The predicted molar refractivity (Wildman–Crippen MR) is 78.0 cm³/mol. The lowest BCUT2D eigenvalue weighted by atomic mass is 10.2. The summed E-state index contributed by atoms with van der Waals surface area (Å²) in [5.41, 5.74) is 0. The van der Waals surface area contributed by atoms with Crippen LogP contribution < -0.4 is 4.74 Å². The third-order valence-corrected chi connectivity index (χ3v) is 4.53. The van der Waals surface area contributed by atoms with Gasteiger partial charge in [-0.2, -0.15) is 0 Å². The van der Waals surface area contributed by atoms with E-state index in [0.717, 1.165) is 25.7 Å². The normalized spacial score (nSPS) is 12.4. The van der Waals surface area contributed by atoms with Crippen molar-refractivity contribution in [3.63, 3.8) is 0 Å². The van der Waals surface area contributed by atoms with E-state index in [1.165, 1.54) is 12.1 Å². The molecule has 0 aromatic heterocycles. The third-order valence-electron chi connectivity index (χ3n) is 2.75. The van der Waals surface area contributed by atoms with Crippen LogP contribution in [-0.2, 0) is 10.8 Å². The lowest BCUT2D eigenvalue weighted by Gasteiger charge is -2.10. The minimum absolute atomic E-state index is 0.137. The van der Waals surface area contributed by atoms with E-state index in [1.807, 2.05) is 0 Å². The summed E-state index contributed by atoms with van der Waals surface area (Å²) in [6, 6.07) is 2.63. The predicted octanol–water partition coefficient (Wildman–Crippen LogP) is 4.57. The van der Waals surface area contributed by atoms with E-state index < -0.39 is 16.6 Å². The highest BCUT2D eigenvalue weighted by Crippen LogP contribution is 2.28. The summed E-state index contributed by atoms with van der Waals surface area (Å²) in [7, 11) is -1.21. The van der Waals surface area contributed by atoms with Crippen LogP contribution in [0.1, 0.15) is 39.5 Å². The molecule has 1 aromatic carbocycles. The van der Waals surface area contributed by atoms with Gasteiger partial charge in [0.1, 0.15) is 0 Å². The molecule has 1 atom stereocenters. The maximum atomic E-state index is 13.7. The smallest absolute Gasteiger partial charge is 0.166 e. The summed E-state index contributed by atoms with van der Waals surface area (Å²) >= 11 is 5.89. The molecule has 1 unspecified atom stereocenters. The van der Waals surface area contributed by atoms with Crippen LogP contribution in [-0.4, -0.2) is 16.6 Å². The Balaban J connectivity index is 2.69. The third kappa shape index (κ3) is 5.11. The van der Waals surface area contributed by atoms with Crippen LogP contribution in [0.5, 0.6) is 5.75 Å². The fraction of sp³-hybridized carbons (Fsp3) is 0.571.